The van der Waals surface area contributed by atoms with Crippen molar-refractivity contribution in [2.24, 2.45) is 11.8 Å². The summed E-state index contributed by atoms with van der Waals surface area (Å²) in [5.41, 5.74) is 2.88. The highest BCUT2D eigenvalue weighted by molar-refractivity contribution is 5.95. The van der Waals surface area contributed by atoms with Gasteiger partial charge in [-0.15, -0.1) is 0 Å². The standard InChI is InChI=1S/C24H32N2O3/c1-16-12-17(2)14-19(13-16)23(28)25-10-4-6-18(15-25)24(29)26-11-5-8-21(26)20-7-3-9-22(20)27/h12-14,18,20-21H,3-11,15H2,1-2H3/t18-,20+,21+/m0/s1. The fraction of sp³-hybridized carbons (Fsp3) is 0.625. The molecule has 0 N–H and O–H groups in total. The summed E-state index contributed by atoms with van der Waals surface area (Å²) >= 11 is 0. The summed E-state index contributed by atoms with van der Waals surface area (Å²) in [7, 11) is 0. The number of Topliss-reactive ketones (excluding diaryl/α,β-unsaturated/α-hetero) is 1. The van der Waals surface area contributed by atoms with Crippen molar-refractivity contribution in [3.63, 3.8) is 0 Å². The number of aryl methyl sites for hydroxylation is 2. The van der Waals surface area contributed by atoms with Gasteiger partial charge in [0, 0.05) is 43.6 Å². The number of likely N-dealkylation sites (tertiary alicyclic amines) is 2. The molecule has 156 valence electrons. The lowest BCUT2D eigenvalue weighted by molar-refractivity contribution is -0.139. The average Bonchev–Trinajstić information content (AvgIpc) is 3.34. The van der Waals surface area contributed by atoms with Gasteiger partial charge in [-0.05, 0) is 64.5 Å². The van der Waals surface area contributed by atoms with Gasteiger partial charge in [0.05, 0.1) is 5.92 Å². The number of carbonyl (C=O) groups is 3. The minimum Gasteiger partial charge on any atom is -0.339 e. The third-order valence-corrected chi connectivity index (χ3v) is 6.93. The Kier molecular flexibility index (Phi) is 5.75. The molecular formula is C24H32N2O3. The van der Waals surface area contributed by atoms with Gasteiger partial charge < -0.3 is 9.80 Å². The van der Waals surface area contributed by atoms with Gasteiger partial charge in [-0.2, -0.15) is 0 Å². The second-order valence-corrected chi connectivity index (χ2v) is 9.17. The lowest BCUT2D eigenvalue weighted by atomic mass is 9.92. The van der Waals surface area contributed by atoms with Gasteiger partial charge in [-0.25, -0.2) is 0 Å². The Morgan fingerprint density at radius 3 is 2.34 bits per heavy atom. The number of ketones is 1. The number of carbonyl (C=O) groups excluding carboxylic acids is 3. The first-order valence-corrected chi connectivity index (χ1v) is 11.1. The van der Waals surface area contributed by atoms with Gasteiger partial charge in [-0.1, -0.05) is 17.2 Å². The number of benzene rings is 1. The molecule has 2 saturated heterocycles. The van der Waals surface area contributed by atoms with Crippen LogP contribution in [0.15, 0.2) is 18.2 Å². The van der Waals surface area contributed by atoms with Crippen LogP contribution in [-0.4, -0.2) is 53.1 Å². The highest BCUT2D eigenvalue weighted by Gasteiger charge is 2.42. The molecule has 1 aromatic carbocycles. The number of hydrogen-bond donors (Lipinski definition) is 0. The van der Waals surface area contributed by atoms with Gasteiger partial charge in [0.1, 0.15) is 5.78 Å². The minimum absolute atomic E-state index is 0.0262. The fourth-order valence-corrected chi connectivity index (χ4v) is 5.61. The van der Waals surface area contributed by atoms with E-state index in [-0.39, 0.29) is 29.7 Å². The Bertz CT molecular complexity index is 798. The third-order valence-electron chi connectivity index (χ3n) is 6.93. The molecule has 0 radical (unpaired) electrons. The maximum absolute atomic E-state index is 13.4. The first-order chi connectivity index (χ1) is 13.9. The summed E-state index contributed by atoms with van der Waals surface area (Å²) in [6.45, 7) is 5.97. The Labute approximate surface area is 173 Å². The molecule has 0 unspecified atom stereocenters. The summed E-state index contributed by atoms with van der Waals surface area (Å²) in [5.74, 6) is 0.419. The van der Waals surface area contributed by atoms with E-state index in [0.29, 0.717) is 30.9 Å². The highest BCUT2D eigenvalue weighted by Crippen LogP contribution is 2.35. The largest absolute Gasteiger partial charge is 0.339 e. The molecule has 1 aliphatic carbocycles. The molecule has 0 aromatic heterocycles. The van der Waals surface area contributed by atoms with Crippen LogP contribution in [0.4, 0.5) is 0 Å². The minimum atomic E-state index is -0.143. The van der Waals surface area contributed by atoms with Crippen molar-refractivity contribution in [1.29, 1.82) is 0 Å². The second kappa shape index (κ2) is 8.29. The molecule has 3 aliphatic rings. The van der Waals surface area contributed by atoms with E-state index in [2.05, 4.69) is 6.07 Å². The van der Waals surface area contributed by atoms with Crippen LogP contribution in [0, 0.1) is 25.7 Å². The molecule has 2 aliphatic heterocycles. The predicted molar refractivity (Wildman–Crippen MR) is 112 cm³/mol. The molecule has 5 heteroatoms. The van der Waals surface area contributed by atoms with Crippen molar-refractivity contribution >= 4 is 17.6 Å². The van der Waals surface area contributed by atoms with Gasteiger partial charge >= 0.3 is 0 Å². The molecule has 1 aromatic rings. The average molecular weight is 397 g/mol. The predicted octanol–water partition coefficient (Wildman–Crippen LogP) is 3.52. The van der Waals surface area contributed by atoms with Crippen LogP contribution >= 0.6 is 0 Å². The summed E-state index contributed by atoms with van der Waals surface area (Å²) in [6.07, 6.45) is 6.17. The normalized spacial score (nSPS) is 27.5. The van der Waals surface area contributed by atoms with E-state index in [9.17, 15) is 14.4 Å². The molecular weight excluding hydrogens is 364 g/mol. The molecule has 3 fully saturated rings. The van der Waals surface area contributed by atoms with Crippen LogP contribution in [0.2, 0.25) is 0 Å². The number of nitrogens with zero attached hydrogens (tertiary/aromatic N) is 2. The maximum atomic E-state index is 13.4. The second-order valence-electron chi connectivity index (χ2n) is 9.17. The Hall–Kier alpha value is -2.17. The first kappa shape index (κ1) is 20.1. The van der Waals surface area contributed by atoms with Crippen LogP contribution in [0.1, 0.15) is 66.4 Å². The van der Waals surface area contributed by atoms with Gasteiger partial charge in [0.15, 0.2) is 0 Å². The number of piperidine rings is 1. The Morgan fingerprint density at radius 1 is 0.931 bits per heavy atom. The molecule has 0 bridgehead atoms. The van der Waals surface area contributed by atoms with Crippen molar-refractivity contribution in [2.45, 2.75) is 64.8 Å². The van der Waals surface area contributed by atoms with E-state index in [1.807, 2.05) is 35.8 Å². The Balaban J connectivity index is 1.45. The van der Waals surface area contributed by atoms with E-state index >= 15 is 0 Å². The van der Waals surface area contributed by atoms with Gasteiger partial charge in [0.2, 0.25) is 5.91 Å². The quantitative estimate of drug-likeness (QED) is 0.786. The van der Waals surface area contributed by atoms with Gasteiger partial charge in [-0.3, -0.25) is 14.4 Å². The zero-order chi connectivity index (χ0) is 20.5. The van der Waals surface area contributed by atoms with Crippen LogP contribution in [0.3, 0.4) is 0 Å². The van der Waals surface area contributed by atoms with E-state index in [4.69, 9.17) is 0 Å². The summed E-state index contributed by atoms with van der Waals surface area (Å²) < 4.78 is 0. The Morgan fingerprint density at radius 2 is 1.66 bits per heavy atom. The molecule has 4 rings (SSSR count). The van der Waals surface area contributed by atoms with Crippen molar-refractivity contribution < 1.29 is 14.4 Å². The first-order valence-electron chi connectivity index (χ1n) is 11.1. The number of rotatable bonds is 3. The fourth-order valence-electron chi connectivity index (χ4n) is 5.61. The smallest absolute Gasteiger partial charge is 0.253 e. The SMILES string of the molecule is Cc1cc(C)cc(C(=O)N2CCC[C@H](C(=O)N3CCC[C@@H]3[C@H]3CCCC3=O)C2)c1. The van der Waals surface area contributed by atoms with Crippen LogP contribution in [0.25, 0.3) is 0 Å². The van der Waals surface area contributed by atoms with E-state index in [1.54, 1.807) is 0 Å². The van der Waals surface area contributed by atoms with Crippen molar-refractivity contribution in [2.75, 3.05) is 19.6 Å². The zero-order valence-electron chi connectivity index (χ0n) is 17.7. The molecule has 5 nitrogen and oxygen atoms in total. The number of amides is 2. The lowest BCUT2D eigenvalue weighted by Crippen LogP contribution is -2.49. The van der Waals surface area contributed by atoms with Crippen LogP contribution in [0.5, 0.6) is 0 Å². The molecule has 0 spiro atoms. The molecule has 2 heterocycles. The van der Waals surface area contributed by atoms with Gasteiger partial charge in [0.25, 0.3) is 5.91 Å². The van der Waals surface area contributed by atoms with E-state index < -0.39 is 0 Å². The van der Waals surface area contributed by atoms with Crippen molar-refractivity contribution in [3.05, 3.63) is 34.9 Å². The summed E-state index contributed by atoms with van der Waals surface area (Å²) in [6, 6.07) is 6.02. The van der Waals surface area contributed by atoms with E-state index in [1.165, 1.54) is 0 Å². The molecule has 3 atom stereocenters. The third kappa shape index (κ3) is 4.10. The van der Waals surface area contributed by atoms with E-state index in [0.717, 1.165) is 56.2 Å². The number of hydrogen-bond acceptors (Lipinski definition) is 3. The van der Waals surface area contributed by atoms with Crippen molar-refractivity contribution in [1.82, 2.24) is 9.80 Å². The molecule has 29 heavy (non-hydrogen) atoms. The maximum Gasteiger partial charge on any atom is 0.253 e. The molecule has 2 amide bonds. The van der Waals surface area contributed by atoms with Crippen LogP contribution in [-0.2, 0) is 9.59 Å². The molecule has 1 saturated carbocycles. The summed E-state index contributed by atoms with van der Waals surface area (Å²) in [5, 5.41) is 0. The summed E-state index contributed by atoms with van der Waals surface area (Å²) in [4.78, 5) is 42.5. The monoisotopic (exact) mass is 396 g/mol. The lowest BCUT2D eigenvalue weighted by Gasteiger charge is -2.37. The zero-order valence-corrected chi connectivity index (χ0v) is 17.7. The van der Waals surface area contributed by atoms with Crippen molar-refractivity contribution in [3.8, 4) is 0 Å². The highest BCUT2D eigenvalue weighted by atomic mass is 16.2. The topological polar surface area (TPSA) is 57.7 Å². The van der Waals surface area contributed by atoms with Crippen LogP contribution < -0.4 is 0 Å².